The van der Waals surface area contributed by atoms with Crippen molar-refractivity contribution in [3.05, 3.63) is 35.7 Å². The molecule has 1 aromatic carbocycles. The molecule has 21 heavy (non-hydrogen) atoms. The van der Waals surface area contributed by atoms with Gasteiger partial charge in [-0.25, -0.2) is 0 Å². The van der Waals surface area contributed by atoms with Crippen molar-refractivity contribution in [3.8, 4) is 11.5 Å². The number of aromatic nitrogens is 2. The maximum Gasteiger partial charge on any atom is 0.276 e. The third-order valence-electron chi connectivity index (χ3n) is 3.31. The second-order valence-corrected chi connectivity index (χ2v) is 4.80. The van der Waals surface area contributed by atoms with Crippen LogP contribution in [0.4, 0.5) is 5.69 Å². The molecule has 0 unspecified atom stereocenters. The van der Waals surface area contributed by atoms with Gasteiger partial charge in [0.15, 0.2) is 17.2 Å². The van der Waals surface area contributed by atoms with Crippen molar-refractivity contribution in [2.24, 2.45) is 0 Å². The SMILES string of the molecule is CCn1nc(C(=O)Nc2ccc3c(c2)OCCO3)cc1C. The molecule has 3 rings (SSSR count). The van der Waals surface area contributed by atoms with Crippen LogP contribution in [-0.4, -0.2) is 28.9 Å². The smallest absolute Gasteiger partial charge is 0.276 e. The maximum atomic E-state index is 12.2. The van der Waals surface area contributed by atoms with Gasteiger partial charge in [0, 0.05) is 24.0 Å². The Bertz CT molecular complexity index is 679. The number of anilines is 1. The molecule has 2 heterocycles. The van der Waals surface area contributed by atoms with E-state index in [2.05, 4.69) is 10.4 Å². The van der Waals surface area contributed by atoms with Crippen LogP contribution in [0.25, 0.3) is 0 Å². The van der Waals surface area contributed by atoms with Crippen LogP contribution in [0, 0.1) is 6.92 Å². The zero-order chi connectivity index (χ0) is 14.8. The molecule has 0 atom stereocenters. The number of hydrogen-bond donors (Lipinski definition) is 1. The molecule has 0 aliphatic carbocycles. The standard InChI is InChI=1S/C15H17N3O3/c1-3-18-10(2)8-12(17-18)15(19)16-11-4-5-13-14(9-11)21-7-6-20-13/h4-5,8-9H,3,6-7H2,1-2H3,(H,16,19). The van der Waals surface area contributed by atoms with Gasteiger partial charge >= 0.3 is 0 Å². The monoisotopic (exact) mass is 287 g/mol. The van der Waals surface area contributed by atoms with Gasteiger partial charge in [0.2, 0.25) is 0 Å². The minimum atomic E-state index is -0.234. The lowest BCUT2D eigenvalue weighted by molar-refractivity contribution is 0.102. The molecule has 110 valence electrons. The van der Waals surface area contributed by atoms with Gasteiger partial charge in [-0.3, -0.25) is 9.48 Å². The number of hydrogen-bond acceptors (Lipinski definition) is 4. The largest absolute Gasteiger partial charge is 0.486 e. The summed E-state index contributed by atoms with van der Waals surface area (Å²) < 4.78 is 12.7. The van der Waals surface area contributed by atoms with Crippen molar-refractivity contribution >= 4 is 11.6 Å². The van der Waals surface area contributed by atoms with Gasteiger partial charge in [-0.05, 0) is 32.0 Å². The Hall–Kier alpha value is -2.50. The summed E-state index contributed by atoms with van der Waals surface area (Å²) in [6, 6.07) is 7.11. The third kappa shape index (κ3) is 2.69. The van der Waals surface area contributed by atoms with E-state index < -0.39 is 0 Å². The van der Waals surface area contributed by atoms with E-state index in [0.717, 1.165) is 12.2 Å². The molecule has 0 bridgehead atoms. The number of fused-ring (bicyclic) bond motifs is 1. The van der Waals surface area contributed by atoms with Crippen LogP contribution >= 0.6 is 0 Å². The Kier molecular flexibility index (Phi) is 3.51. The molecule has 6 heteroatoms. The summed E-state index contributed by atoms with van der Waals surface area (Å²) in [6.45, 7) is 5.72. The van der Waals surface area contributed by atoms with Gasteiger partial charge in [-0.15, -0.1) is 0 Å². The molecule has 1 aromatic heterocycles. The molecule has 1 N–H and O–H groups in total. The van der Waals surface area contributed by atoms with Crippen molar-refractivity contribution in [2.45, 2.75) is 20.4 Å². The van der Waals surface area contributed by atoms with Crippen LogP contribution in [0.5, 0.6) is 11.5 Å². The van der Waals surface area contributed by atoms with Crippen LogP contribution in [0.1, 0.15) is 23.1 Å². The molecular weight excluding hydrogens is 270 g/mol. The fourth-order valence-electron chi connectivity index (χ4n) is 2.26. The van der Waals surface area contributed by atoms with Crippen LogP contribution in [-0.2, 0) is 6.54 Å². The molecule has 1 aliphatic heterocycles. The Morgan fingerprint density at radius 1 is 1.29 bits per heavy atom. The number of benzene rings is 1. The molecule has 0 fully saturated rings. The van der Waals surface area contributed by atoms with Crippen LogP contribution in [0.2, 0.25) is 0 Å². The van der Waals surface area contributed by atoms with E-state index in [1.54, 1.807) is 28.9 Å². The Morgan fingerprint density at radius 2 is 2.05 bits per heavy atom. The predicted octanol–water partition coefficient (Wildman–Crippen LogP) is 2.23. The number of nitrogens with one attached hydrogen (secondary N) is 1. The average Bonchev–Trinajstić information content (AvgIpc) is 2.88. The van der Waals surface area contributed by atoms with E-state index in [1.165, 1.54) is 0 Å². The van der Waals surface area contributed by atoms with Crippen LogP contribution < -0.4 is 14.8 Å². The first-order chi connectivity index (χ1) is 10.2. The number of aryl methyl sites for hydroxylation is 2. The fraction of sp³-hybridized carbons (Fsp3) is 0.333. The van der Waals surface area contributed by atoms with Gasteiger partial charge in [-0.2, -0.15) is 5.10 Å². The lowest BCUT2D eigenvalue weighted by atomic mass is 10.2. The Labute approximate surface area is 122 Å². The molecule has 0 spiro atoms. The Balaban J connectivity index is 1.77. The molecular formula is C15H17N3O3. The molecule has 0 saturated carbocycles. The number of nitrogens with zero attached hydrogens (tertiary/aromatic N) is 2. The second kappa shape index (κ2) is 5.47. The fourth-order valence-corrected chi connectivity index (χ4v) is 2.26. The number of carbonyl (C=O) groups excluding carboxylic acids is 1. The number of amides is 1. The summed E-state index contributed by atoms with van der Waals surface area (Å²) in [4.78, 5) is 12.2. The molecule has 1 aliphatic rings. The normalized spacial score (nSPS) is 13.0. The van der Waals surface area contributed by atoms with Gasteiger partial charge < -0.3 is 14.8 Å². The summed E-state index contributed by atoms with van der Waals surface area (Å²) in [5.41, 5.74) is 2.03. The van der Waals surface area contributed by atoms with E-state index in [0.29, 0.717) is 36.1 Å². The minimum Gasteiger partial charge on any atom is -0.486 e. The van der Waals surface area contributed by atoms with Crippen molar-refractivity contribution in [3.63, 3.8) is 0 Å². The summed E-state index contributed by atoms with van der Waals surface area (Å²) >= 11 is 0. The minimum absolute atomic E-state index is 0.234. The highest BCUT2D eigenvalue weighted by Gasteiger charge is 2.15. The molecule has 0 saturated heterocycles. The summed E-state index contributed by atoms with van der Waals surface area (Å²) in [5.74, 6) is 1.11. The summed E-state index contributed by atoms with van der Waals surface area (Å²) in [7, 11) is 0. The van der Waals surface area contributed by atoms with Crippen molar-refractivity contribution in [1.29, 1.82) is 0 Å². The summed E-state index contributed by atoms with van der Waals surface area (Å²) in [6.07, 6.45) is 0. The lowest BCUT2D eigenvalue weighted by Crippen LogP contribution is -2.16. The maximum absolute atomic E-state index is 12.2. The van der Waals surface area contributed by atoms with Gasteiger partial charge in [-0.1, -0.05) is 0 Å². The first-order valence-electron chi connectivity index (χ1n) is 6.93. The Morgan fingerprint density at radius 3 is 2.76 bits per heavy atom. The van der Waals surface area contributed by atoms with E-state index in [-0.39, 0.29) is 5.91 Å². The quantitative estimate of drug-likeness (QED) is 0.940. The highest BCUT2D eigenvalue weighted by Crippen LogP contribution is 2.32. The average molecular weight is 287 g/mol. The third-order valence-corrected chi connectivity index (χ3v) is 3.31. The number of carbonyl (C=O) groups is 1. The molecule has 2 aromatic rings. The number of rotatable bonds is 3. The zero-order valence-corrected chi connectivity index (χ0v) is 12.0. The second-order valence-electron chi connectivity index (χ2n) is 4.80. The topological polar surface area (TPSA) is 65.4 Å². The highest BCUT2D eigenvalue weighted by molar-refractivity contribution is 6.03. The van der Waals surface area contributed by atoms with E-state index in [4.69, 9.17) is 9.47 Å². The van der Waals surface area contributed by atoms with Crippen LogP contribution in [0.3, 0.4) is 0 Å². The van der Waals surface area contributed by atoms with Gasteiger partial charge in [0.1, 0.15) is 13.2 Å². The number of ether oxygens (including phenoxy) is 2. The first-order valence-corrected chi connectivity index (χ1v) is 6.93. The van der Waals surface area contributed by atoms with Gasteiger partial charge in [0.05, 0.1) is 0 Å². The van der Waals surface area contributed by atoms with E-state index >= 15 is 0 Å². The summed E-state index contributed by atoms with van der Waals surface area (Å²) in [5, 5.41) is 7.08. The highest BCUT2D eigenvalue weighted by atomic mass is 16.6. The zero-order valence-electron chi connectivity index (χ0n) is 12.0. The van der Waals surface area contributed by atoms with Crippen molar-refractivity contribution < 1.29 is 14.3 Å². The van der Waals surface area contributed by atoms with E-state index in [9.17, 15) is 4.79 Å². The van der Waals surface area contributed by atoms with Crippen LogP contribution in [0.15, 0.2) is 24.3 Å². The molecule has 0 radical (unpaired) electrons. The predicted molar refractivity (Wildman–Crippen MR) is 78.0 cm³/mol. The lowest BCUT2D eigenvalue weighted by Gasteiger charge is -2.18. The molecule has 6 nitrogen and oxygen atoms in total. The van der Waals surface area contributed by atoms with E-state index in [1.807, 2.05) is 13.8 Å². The van der Waals surface area contributed by atoms with Crippen molar-refractivity contribution in [1.82, 2.24) is 9.78 Å². The van der Waals surface area contributed by atoms with Crippen molar-refractivity contribution in [2.75, 3.05) is 18.5 Å². The first kappa shape index (κ1) is 13.5. The van der Waals surface area contributed by atoms with Gasteiger partial charge in [0.25, 0.3) is 5.91 Å². The molecule has 1 amide bonds.